The average Bonchev–Trinajstić information content (AvgIpc) is 3.24. The van der Waals surface area contributed by atoms with Crippen molar-refractivity contribution in [1.82, 2.24) is 4.57 Å². The van der Waals surface area contributed by atoms with Gasteiger partial charge in [0, 0.05) is 18.0 Å². The van der Waals surface area contributed by atoms with Gasteiger partial charge in [-0.2, -0.15) is 5.26 Å². The smallest absolute Gasteiger partial charge is 0.125 e. The third kappa shape index (κ3) is 5.49. The second-order valence-corrected chi connectivity index (χ2v) is 9.71. The maximum atomic E-state index is 10.1. The van der Waals surface area contributed by atoms with Crippen molar-refractivity contribution in [3.05, 3.63) is 89.5 Å². The number of anilines is 1. The van der Waals surface area contributed by atoms with E-state index in [1.165, 1.54) is 47.9 Å². The number of aromatic nitrogens is 1. The zero-order chi connectivity index (χ0) is 25.3. The second kappa shape index (κ2) is 12.5. The number of fused-ring (bicyclic) bond motifs is 1. The first-order chi connectivity index (χ1) is 17.7. The summed E-state index contributed by atoms with van der Waals surface area (Å²) in [5.41, 5.74) is 7.17. The maximum Gasteiger partial charge on any atom is 0.125 e. The molecule has 0 bridgehead atoms. The van der Waals surface area contributed by atoms with E-state index in [4.69, 9.17) is 0 Å². The molecule has 0 aliphatic carbocycles. The third-order valence-electron chi connectivity index (χ3n) is 7.34. The van der Waals surface area contributed by atoms with Crippen molar-refractivity contribution in [1.29, 1.82) is 5.26 Å². The number of aryl methyl sites for hydroxylation is 1. The largest absolute Gasteiger partial charge is 0.366 e. The van der Waals surface area contributed by atoms with Gasteiger partial charge in [-0.05, 0) is 54.0 Å². The Bertz CT molecular complexity index is 1310. The fourth-order valence-corrected chi connectivity index (χ4v) is 5.37. The highest BCUT2D eigenvalue weighted by Gasteiger charge is 2.21. The molecule has 4 aromatic rings. The molecule has 4 rings (SSSR count). The number of unbranched alkanes of at least 4 members (excludes halogenated alkanes) is 3. The number of nitrogens with one attached hydrogen (secondary N) is 1. The molecule has 0 saturated heterocycles. The van der Waals surface area contributed by atoms with Crippen LogP contribution < -0.4 is 5.32 Å². The zero-order valence-corrected chi connectivity index (χ0v) is 22.1. The summed E-state index contributed by atoms with van der Waals surface area (Å²) in [6.07, 6.45) is 8.18. The van der Waals surface area contributed by atoms with Gasteiger partial charge in [0.05, 0.1) is 5.52 Å². The molecule has 186 valence electrons. The minimum absolute atomic E-state index is 0.356. The molecule has 3 aromatic carbocycles. The first-order valence-corrected chi connectivity index (χ1v) is 13.7. The van der Waals surface area contributed by atoms with Crippen LogP contribution in [0, 0.1) is 11.3 Å². The molecule has 0 atom stereocenters. The fourth-order valence-electron chi connectivity index (χ4n) is 5.37. The van der Waals surface area contributed by atoms with Crippen LogP contribution in [-0.4, -0.2) is 4.57 Å². The molecule has 0 aliphatic heterocycles. The lowest BCUT2D eigenvalue weighted by Crippen LogP contribution is -2.13. The van der Waals surface area contributed by atoms with E-state index in [1.54, 1.807) is 0 Å². The number of para-hydroxylation sites is 1. The summed E-state index contributed by atoms with van der Waals surface area (Å²) >= 11 is 0. The van der Waals surface area contributed by atoms with Crippen LogP contribution in [0.15, 0.2) is 72.8 Å². The number of hydrogen-bond acceptors (Lipinski definition) is 2. The predicted octanol–water partition coefficient (Wildman–Crippen LogP) is 9.28. The molecule has 36 heavy (non-hydrogen) atoms. The first-order valence-electron chi connectivity index (χ1n) is 13.7. The highest BCUT2D eigenvalue weighted by atomic mass is 15.1. The van der Waals surface area contributed by atoms with E-state index in [9.17, 15) is 5.26 Å². The predicted molar refractivity (Wildman–Crippen MR) is 153 cm³/mol. The van der Waals surface area contributed by atoms with Gasteiger partial charge in [-0.3, -0.25) is 0 Å². The molecule has 0 unspecified atom stereocenters. The van der Waals surface area contributed by atoms with Gasteiger partial charge < -0.3 is 9.88 Å². The van der Waals surface area contributed by atoms with E-state index in [0.717, 1.165) is 41.5 Å². The number of hydrogen-bond donors (Lipinski definition) is 1. The molecule has 0 amide bonds. The number of rotatable bonds is 12. The van der Waals surface area contributed by atoms with Gasteiger partial charge in [0.15, 0.2) is 0 Å². The van der Waals surface area contributed by atoms with E-state index in [2.05, 4.69) is 103 Å². The van der Waals surface area contributed by atoms with E-state index < -0.39 is 0 Å². The molecule has 3 nitrogen and oxygen atoms in total. The molecule has 0 radical (unpaired) electrons. The Labute approximate surface area is 216 Å². The van der Waals surface area contributed by atoms with E-state index in [-0.39, 0.29) is 0 Å². The Morgan fingerprint density at radius 2 is 1.61 bits per heavy atom. The minimum atomic E-state index is 0.356. The van der Waals surface area contributed by atoms with E-state index >= 15 is 0 Å². The van der Waals surface area contributed by atoms with Crippen LogP contribution in [0.5, 0.6) is 0 Å². The van der Waals surface area contributed by atoms with Crippen LogP contribution in [0.4, 0.5) is 5.82 Å². The molecule has 0 saturated carbocycles. The Balaban J connectivity index is 1.67. The standard InChI is InChI=1S/C33H39N3/c1-4-7-8-10-17-27-22-25(20-21-29(27)26-15-11-9-12-16-26)24-35-33-31(23-34)30-18-13-14-19-32(30)36(33)28(5-2)6-3/h9,11-16,18-22,28,35H,4-8,10,17,24H2,1-3H3. The van der Waals surface area contributed by atoms with E-state index in [1.807, 2.05) is 6.07 Å². The SMILES string of the molecule is CCCCCCc1cc(CNc2c(C#N)c3ccccc3n2C(CC)CC)ccc1-c1ccccc1. The topological polar surface area (TPSA) is 40.8 Å². The van der Waals surface area contributed by atoms with Gasteiger partial charge in [0.25, 0.3) is 0 Å². The molecule has 3 heteroatoms. The molecular weight excluding hydrogens is 438 g/mol. The number of nitrogens with zero attached hydrogens (tertiary/aromatic N) is 2. The normalized spacial score (nSPS) is 11.2. The summed E-state index contributed by atoms with van der Waals surface area (Å²) in [7, 11) is 0. The fraction of sp³-hybridized carbons (Fsp3) is 0.364. The molecule has 0 aliphatic rings. The van der Waals surface area contributed by atoms with E-state index in [0.29, 0.717) is 12.6 Å². The summed E-state index contributed by atoms with van der Waals surface area (Å²) in [5.74, 6) is 0.948. The summed E-state index contributed by atoms with van der Waals surface area (Å²) in [6, 6.07) is 28.8. The Kier molecular flexibility index (Phi) is 8.85. The van der Waals surface area contributed by atoms with Gasteiger partial charge in [0.1, 0.15) is 17.5 Å². The van der Waals surface area contributed by atoms with Crippen LogP contribution in [0.25, 0.3) is 22.0 Å². The van der Waals surface area contributed by atoms with Crippen molar-refractivity contribution in [2.24, 2.45) is 0 Å². The van der Waals surface area contributed by atoms with Crippen molar-refractivity contribution < 1.29 is 0 Å². The van der Waals surface area contributed by atoms with Gasteiger partial charge in [-0.1, -0.05) is 107 Å². The third-order valence-corrected chi connectivity index (χ3v) is 7.34. The van der Waals surface area contributed by atoms with Crippen molar-refractivity contribution in [2.75, 3.05) is 5.32 Å². The van der Waals surface area contributed by atoms with Gasteiger partial charge in [-0.15, -0.1) is 0 Å². The van der Waals surface area contributed by atoms with Crippen LogP contribution in [-0.2, 0) is 13.0 Å². The van der Waals surface area contributed by atoms with Crippen molar-refractivity contribution in [2.45, 2.75) is 78.3 Å². The summed E-state index contributed by atoms with van der Waals surface area (Å²) < 4.78 is 2.36. The summed E-state index contributed by atoms with van der Waals surface area (Å²) in [5, 5.41) is 14.8. The Hall–Kier alpha value is -3.51. The average molecular weight is 478 g/mol. The molecule has 0 fully saturated rings. The quantitative estimate of drug-likeness (QED) is 0.207. The summed E-state index contributed by atoms with van der Waals surface area (Å²) in [4.78, 5) is 0. The van der Waals surface area contributed by atoms with Crippen LogP contribution in [0.3, 0.4) is 0 Å². The highest BCUT2D eigenvalue weighted by Crippen LogP contribution is 2.35. The number of nitriles is 1. The second-order valence-electron chi connectivity index (χ2n) is 9.71. The monoisotopic (exact) mass is 477 g/mol. The van der Waals surface area contributed by atoms with Crippen LogP contribution in [0.1, 0.15) is 82.0 Å². The molecule has 1 aromatic heterocycles. The molecular formula is C33H39N3. The number of benzene rings is 3. The van der Waals surface area contributed by atoms with Crippen molar-refractivity contribution in [3.8, 4) is 17.2 Å². The zero-order valence-electron chi connectivity index (χ0n) is 22.1. The molecule has 1 heterocycles. The minimum Gasteiger partial charge on any atom is -0.366 e. The highest BCUT2D eigenvalue weighted by molar-refractivity contribution is 5.92. The lowest BCUT2D eigenvalue weighted by molar-refractivity contribution is 0.489. The Morgan fingerprint density at radius 3 is 2.33 bits per heavy atom. The maximum absolute atomic E-state index is 10.1. The van der Waals surface area contributed by atoms with Crippen LogP contribution in [0.2, 0.25) is 0 Å². The van der Waals surface area contributed by atoms with Gasteiger partial charge >= 0.3 is 0 Å². The Morgan fingerprint density at radius 1 is 0.861 bits per heavy atom. The summed E-state index contributed by atoms with van der Waals surface area (Å²) in [6.45, 7) is 7.41. The first kappa shape index (κ1) is 25.6. The van der Waals surface area contributed by atoms with Crippen LogP contribution >= 0.6 is 0 Å². The van der Waals surface area contributed by atoms with Gasteiger partial charge in [-0.25, -0.2) is 0 Å². The van der Waals surface area contributed by atoms with Crippen molar-refractivity contribution in [3.63, 3.8) is 0 Å². The van der Waals surface area contributed by atoms with Gasteiger partial charge in [0.2, 0.25) is 0 Å². The van der Waals surface area contributed by atoms with Crippen molar-refractivity contribution >= 4 is 16.7 Å². The lowest BCUT2D eigenvalue weighted by Gasteiger charge is -2.21. The molecule has 1 N–H and O–H groups in total. The molecule has 0 spiro atoms. The lowest BCUT2D eigenvalue weighted by atomic mass is 9.94.